The van der Waals surface area contributed by atoms with Gasteiger partial charge in [0, 0.05) is 0 Å². The van der Waals surface area contributed by atoms with Gasteiger partial charge in [0.15, 0.2) is 0 Å². The molecule has 1 atom stereocenters. The summed E-state index contributed by atoms with van der Waals surface area (Å²) in [6.07, 6.45) is 5.79. The van der Waals surface area contributed by atoms with Gasteiger partial charge in [0.05, 0.1) is 18.1 Å². The fraction of sp³-hybridized carbons (Fsp3) is 0.778. The van der Waals surface area contributed by atoms with Gasteiger partial charge in [0.1, 0.15) is 6.54 Å². The molecular weight excluding hydrogens is 352 g/mol. The van der Waals surface area contributed by atoms with Gasteiger partial charge in [0.25, 0.3) is 5.91 Å². The summed E-state index contributed by atoms with van der Waals surface area (Å²) in [4.78, 5) is 50.3. The summed E-state index contributed by atoms with van der Waals surface area (Å²) in [7, 11) is 0. The zero-order valence-corrected chi connectivity index (χ0v) is 16.0. The number of nitrogens with one attached hydrogen (secondary N) is 3. The Morgan fingerprint density at radius 3 is 2.37 bits per heavy atom. The zero-order valence-electron chi connectivity index (χ0n) is 16.0. The molecule has 1 aliphatic carbocycles. The van der Waals surface area contributed by atoms with Crippen LogP contribution in [0, 0.1) is 5.92 Å². The molecule has 1 saturated carbocycles. The number of carbonyl (C=O) groups excluding carboxylic acids is 4. The van der Waals surface area contributed by atoms with Gasteiger partial charge in [-0.2, -0.15) is 0 Å². The van der Waals surface area contributed by atoms with Crippen LogP contribution >= 0.6 is 0 Å². The molecule has 1 heterocycles. The monoisotopic (exact) mass is 382 g/mol. The van der Waals surface area contributed by atoms with Crippen molar-refractivity contribution in [3.63, 3.8) is 0 Å². The zero-order chi connectivity index (χ0) is 20.0. The van der Waals surface area contributed by atoms with E-state index in [1.165, 1.54) is 5.48 Å². The molecule has 0 bridgehead atoms. The summed E-state index contributed by atoms with van der Waals surface area (Å²) in [5.74, 6) is -1.89. The van der Waals surface area contributed by atoms with Crippen LogP contribution in [0.2, 0.25) is 0 Å². The van der Waals surface area contributed by atoms with Crippen LogP contribution in [0.15, 0.2) is 0 Å². The lowest BCUT2D eigenvalue weighted by Gasteiger charge is -2.45. The Morgan fingerprint density at radius 2 is 1.81 bits per heavy atom. The smallest absolute Gasteiger partial charge is 0.262 e. The minimum Gasteiger partial charge on any atom is -0.345 e. The van der Waals surface area contributed by atoms with Crippen molar-refractivity contribution in [2.24, 2.45) is 5.92 Å². The molecule has 2 aliphatic rings. The van der Waals surface area contributed by atoms with Crippen LogP contribution in [0.1, 0.15) is 58.8 Å². The fourth-order valence-electron chi connectivity index (χ4n) is 3.89. The van der Waals surface area contributed by atoms with E-state index in [0.717, 1.165) is 30.6 Å². The normalized spacial score (nSPS) is 22.7. The van der Waals surface area contributed by atoms with Crippen LogP contribution in [0.4, 0.5) is 0 Å². The van der Waals surface area contributed by atoms with E-state index in [1.807, 2.05) is 13.8 Å². The summed E-state index contributed by atoms with van der Waals surface area (Å²) in [5, 5.41) is 14.1. The number of rotatable bonds is 6. The van der Waals surface area contributed by atoms with E-state index in [0.29, 0.717) is 19.3 Å². The number of hydrogen-bond donors (Lipinski definition) is 4. The molecule has 4 amide bonds. The van der Waals surface area contributed by atoms with Crippen LogP contribution in [0.25, 0.3) is 0 Å². The number of imide groups is 1. The topological polar surface area (TPSA) is 128 Å². The molecule has 2 fully saturated rings. The van der Waals surface area contributed by atoms with Gasteiger partial charge >= 0.3 is 0 Å². The summed E-state index contributed by atoms with van der Waals surface area (Å²) in [5.41, 5.74) is 0.614. The van der Waals surface area contributed by atoms with Crippen molar-refractivity contribution in [3.8, 4) is 0 Å². The molecule has 1 saturated heterocycles. The average molecular weight is 382 g/mol. The lowest BCUT2D eigenvalue weighted by atomic mass is 9.83. The van der Waals surface area contributed by atoms with Crippen LogP contribution in [0.5, 0.6) is 0 Å². The number of amides is 4. The van der Waals surface area contributed by atoms with Crippen molar-refractivity contribution in [2.45, 2.75) is 70.4 Å². The van der Waals surface area contributed by atoms with E-state index in [2.05, 4.69) is 10.6 Å². The Kier molecular flexibility index (Phi) is 7.32. The molecular formula is C18H30N4O5. The van der Waals surface area contributed by atoms with Crippen LogP contribution in [-0.4, -0.2) is 58.4 Å². The van der Waals surface area contributed by atoms with Crippen molar-refractivity contribution < 1.29 is 24.4 Å². The lowest BCUT2D eigenvalue weighted by molar-refractivity contribution is -0.159. The van der Waals surface area contributed by atoms with Crippen molar-refractivity contribution >= 4 is 23.6 Å². The molecule has 152 valence electrons. The average Bonchev–Trinajstić information content (AvgIpc) is 2.87. The van der Waals surface area contributed by atoms with Crippen LogP contribution in [0.3, 0.4) is 0 Å². The van der Waals surface area contributed by atoms with Crippen molar-refractivity contribution in [3.05, 3.63) is 0 Å². The Labute approximate surface area is 159 Å². The van der Waals surface area contributed by atoms with Gasteiger partial charge in [-0.15, -0.1) is 0 Å². The predicted molar refractivity (Wildman–Crippen MR) is 96.5 cm³/mol. The molecule has 27 heavy (non-hydrogen) atoms. The van der Waals surface area contributed by atoms with Gasteiger partial charge in [0.2, 0.25) is 17.7 Å². The van der Waals surface area contributed by atoms with Gasteiger partial charge in [-0.25, -0.2) is 5.48 Å². The summed E-state index contributed by atoms with van der Waals surface area (Å²) in [6, 6.07) is -0.505. The molecule has 0 aromatic carbocycles. The highest BCUT2D eigenvalue weighted by atomic mass is 16.5. The fourth-order valence-corrected chi connectivity index (χ4v) is 3.89. The second-order valence-electron chi connectivity index (χ2n) is 7.86. The first kappa shape index (κ1) is 21.3. The van der Waals surface area contributed by atoms with E-state index in [9.17, 15) is 19.2 Å². The van der Waals surface area contributed by atoms with Crippen LogP contribution < -0.4 is 16.1 Å². The quantitative estimate of drug-likeness (QED) is 0.292. The molecule has 0 aromatic heterocycles. The van der Waals surface area contributed by atoms with Crippen molar-refractivity contribution in [1.82, 2.24) is 21.0 Å². The van der Waals surface area contributed by atoms with Gasteiger partial charge < -0.3 is 5.32 Å². The van der Waals surface area contributed by atoms with E-state index >= 15 is 0 Å². The molecule has 1 aliphatic heterocycles. The minimum atomic E-state index is -0.799. The maximum atomic E-state index is 13.2. The Morgan fingerprint density at radius 1 is 1.19 bits per heavy atom. The molecule has 1 spiro atoms. The van der Waals surface area contributed by atoms with E-state index in [-0.39, 0.29) is 11.8 Å². The second kappa shape index (κ2) is 9.27. The molecule has 4 N–H and O–H groups in total. The largest absolute Gasteiger partial charge is 0.345 e. The van der Waals surface area contributed by atoms with Crippen molar-refractivity contribution in [1.29, 1.82) is 0 Å². The molecule has 9 nitrogen and oxygen atoms in total. The van der Waals surface area contributed by atoms with Gasteiger partial charge in [-0.05, 0) is 25.2 Å². The van der Waals surface area contributed by atoms with Gasteiger partial charge in [-0.1, -0.05) is 39.5 Å². The number of piperazine rings is 1. The molecule has 9 heteroatoms. The Hall–Kier alpha value is -2.00. The van der Waals surface area contributed by atoms with Gasteiger partial charge in [-0.3, -0.25) is 34.6 Å². The third-order valence-electron chi connectivity index (χ3n) is 5.21. The summed E-state index contributed by atoms with van der Waals surface area (Å²) in [6.45, 7) is 3.17. The molecule has 0 unspecified atom stereocenters. The van der Waals surface area contributed by atoms with Crippen LogP contribution in [-0.2, 0) is 19.2 Å². The van der Waals surface area contributed by atoms with E-state index in [1.54, 1.807) is 0 Å². The second-order valence-corrected chi connectivity index (χ2v) is 7.86. The SMILES string of the molecule is CC(C)C[C@@H]1NC2(CCCCCC2)C(=O)N(CC(=O)NCC(=O)NO)C1=O. The van der Waals surface area contributed by atoms with E-state index < -0.39 is 42.4 Å². The maximum absolute atomic E-state index is 13.2. The first-order valence-corrected chi connectivity index (χ1v) is 9.62. The maximum Gasteiger partial charge on any atom is 0.262 e. The van der Waals surface area contributed by atoms with Crippen molar-refractivity contribution in [2.75, 3.05) is 13.1 Å². The number of hydroxylamine groups is 1. The predicted octanol–water partition coefficient (Wildman–Crippen LogP) is 0.0741. The lowest BCUT2D eigenvalue weighted by Crippen LogP contribution is -2.71. The first-order chi connectivity index (χ1) is 12.8. The number of hydrogen-bond acceptors (Lipinski definition) is 6. The highest BCUT2D eigenvalue weighted by molar-refractivity contribution is 6.07. The highest BCUT2D eigenvalue weighted by Gasteiger charge is 2.50. The molecule has 0 aromatic rings. The Bertz CT molecular complexity index is 584. The summed E-state index contributed by atoms with van der Waals surface area (Å²) < 4.78 is 0. The summed E-state index contributed by atoms with van der Waals surface area (Å²) >= 11 is 0. The molecule has 0 radical (unpaired) electrons. The molecule has 2 rings (SSSR count). The standard InChI is InChI=1S/C18H30N4O5/c1-12(2)9-13-16(25)22(11-15(24)19-10-14(23)21-27)17(26)18(20-13)7-5-3-4-6-8-18/h12-13,20,27H,3-11H2,1-2H3,(H,19,24)(H,21,23)/t13-/m0/s1. The highest BCUT2D eigenvalue weighted by Crippen LogP contribution is 2.33. The third kappa shape index (κ3) is 5.26. The third-order valence-corrected chi connectivity index (χ3v) is 5.21. The number of carbonyl (C=O) groups is 4. The van der Waals surface area contributed by atoms with E-state index in [4.69, 9.17) is 5.21 Å². The first-order valence-electron chi connectivity index (χ1n) is 9.62. The number of nitrogens with zero attached hydrogens (tertiary/aromatic N) is 1. The Balaban J connectivity index is 2.18. The minimum absolute atomic E-state index is 0.256.